The van der Waals surface area contributed by atoms with Gasteiger partial charge in [0.05, 0.1) is 7.11 Å². The summed E-state index contributed by atoms with van der Waals surface area (Å²) < 4.78 is 22.3. The lowest BCUT2D eigenvalue weighted by Crippen LogP contribution is -2.48. The second kappa shape index (κ2) is 5.67. The highest BCUT2D eigenvalue weighted by atomic mass is 19.1. The van der Waals surface area contributed by atoms with Gasteiger partial charge in [-0.25, -0.2) is 14.0 Å². The van der Waals surface area contributed by atoms with E-state index < -0.39 is 29.9 Å². The molecule has 0 aliphatic heterocycles. The van der Waals surface area contributed by atoms with Gasteiger partial charge in [0, 0.05) is 0 Å². The Hall–Kier alpha value is -1.33. The lowest BCUT2D eigenvalue weighted by molar-refractivity contribution is -0.144. The van der Waals surface area contributed by atoms with E-state index in [9.17, 15) is 14.0 Å². The minimum atomic E-state index is -1.56. The molecule has 0 aromatic rings. The molecule has 0 spiro atoms. The lowest BCUT2D eigenvalue weighted by atomic mass is 10.2. The van der Waals surface area contributed by atoms with E-state index >= 15 is 0 Å². The van der Waals surface area contributed by atoms with Crippen LogP contribution in [0.25, 0.3) is 0 Å². The number of alkyl carbamates (subject to hydrolysis) is 1. The summed E-state index contributed by atoms with van der Waals surface area (Å²) in [4.78, 5) is 22.4. The van der Waals surface area contributed by atoms with Crippen LogP contribution in [0, 0.1) is 0 Å². The van der Waals surface area contributed by atoms with E-state index in [1.165, 1.54) is 0 Å². The molecule has 0 rings (SSSR count). The van der Waals surface area contributed by atoms with Crippen LogP contribution in [0.3, 0.4) is 0 Å². The molecule has 0 aromatic carbocycles. The molecule has 2 atom stereocenters. The molecule has 16 heavy (non-hydrogen) atoms. The molecule has 0 aromatic heterocycles. The summed E-state index contributed by atoms with van der Waals surface area (Å²) in [6.45, 7) is 6.15. The summed E-state index contributed by atoms with van der Waals surface area (Å²) in [7, 11) is 1.12. The standard InChI is InChI=1S/C10H18FNO4/c1-6(11)7(8(13)15-5)12-9(14)16-10(2,3)4/h6-7H,1-5H3,(H,12,14)/t6-,7-/m1/s1. The van der Waals surface area contributed by atoms with Gasteiger partial charge in [0.25, 0.3) is 0 Å². The summed E-state index contributed by atoms with van der Waals surface area (Å²) >= 11 is 0. The van der Waals surface area contributed by atoms with E-state index in [0.717, 1.165) is 14.0 Å². The summed E-state index contributed by atoms with van der Waals surface area (Å²) in [5.41, 5.74) is -0.704. The highest BCUT2D eigenvalue weighted by Gasteiger charge is 2.29. The third-order valence-corrected chi connectivity index (χ3v) is 1.59. The number of alkyl halides is 1. The number of esters is 1. The van der Waals surface area contributed by atoms with Crippen molar-refractivity contribution in [1.82, 2.24) is 5.32 Å². The van der Waals surface area contributed by atoms with Gasteiger partial charge in [-0.3, -0.25) is 0 Å². The van der Waals surface area contributed by atoms with Crippen LogP contribution in [0.15, 0.2) is 0 Å². The monoisotopic (exact) mass is 235 g/mol. The minimum Gasteiger partial charge on any atom is -0.467 e. The first-order valence-corrected chi connectivity index (χ1v) is 4.89. The highest BCUT2D eigenvalue weighted by molar-refractivity contribution is 5.81. The number of ether oxygens (including phenoxy) is 2. The third kappa shape index (κ3) is 5.53. The maximum Gasteiger partial charge on any atom is 0.408 e. The molecule has 0 bridgehead atoms. The fraction of sp³-hybridized carbons (Fsp3) is 0.800. The zero-order valence-corrected chi connectivity index (χ0v) is 10.2. The number of carbonyl (C=O) groups excluding carboxylic acids is 2. The summed E-state index contributed by atoms with van der Waals surface area (Å²) in [5, 5.41) is 2.11. The Morgan fingerprint density at radius 3 is 2.12 bits per heavy atom. The van der Waals surface area contributed by atoms with Gasteiger partial charge in [-0.1, -0.05) is 0 Å². The molecule has 0 radical (unpaired) electrons. The van der Waals surface area contributed by atoms with Gasteiger partial charge in [-0.05, 0) is 27.7 Å². The van der Waals surface area contributed by atoms with Crippen molar-refractivity contribution in [3.63, 3.8) is 0 Å². The summed E-state index contributed by atoms with van der Waals surface area (Å²) in [5.74, 6) is -0.846. The molecular formula is C10H18FNO4. The number of nitrogens with one attached hydrogen (secondary N) is 1. The molecule has 0 saturated carbocycles. The Kier molecular flexibility index (Phi) is 5.20. The van der Waals surface area contributed by atoms with Gasteiger partial charge in [0.1, 0.15) is 11.8 Å². The van der Waals surface area contributed by atoms with Crippen LogP contribution in [-0.4, -0.2) is 37.0 Å². The predicted octanol–water partition coefficient (Wildman–Crippen LogP) is 1.41. The topological polar surface area (TPSA) is 64.6 Å². The quantitative estimate of drug-likeness (QED) is 0.751. The van der Waals surface area contributed by atoms with Crippen LogP contribution < -0.4 is 5.32 Å². The molecular weight excluding hydrogens is 217 g/mol. The number of carbonyl (C=O) groups is 2. The first-order chi connectivity index (χ1) is 7.17. The third-order valence-electron chi connectivity index (χ3n) is 1.59. The molecule has 1 N–H and O–H groups in total. The maximum absolute atomic E-state index is 13.0. The van der Waals surface area contributed by atoms with Crippen molar-refractivity contribution in [1.29, 1.82) is 0 Å². The van der Waals surface area contributed by atoms with Crippen molar-refractivity contribution in [2.24, 2.45) is 0 Å². The number of amides is 1. The molecule has 1 amide bonds. The van der Waals surface area contributed by atoms with Crippen LogP contribution in [-0.2, 0) is 14.3 Å². The maximum atomic E-state index is 13.0. The Balaban J connectivity index is 4.42. The summed E-state index contributed by atoms with van der Waals surface area (Å²) in [6, 6.07) is -1.35. The van der Waals surface area contributed by atoms with E-state index in [2.05, 4.69) is 10.1 Å². The van der Waals surface area contributed by atoms with Crippen molar-refractivity contribution in [2.45, 2.75) is 45.5 Å². The van der Waals surface area contributed by atoms with Crippen molar-refractivity contribution in [3.8, 4) is 0 Å². The molecule has 5 nitrogen and oxygen atoms in total. The molecule has 0 unspecified atom stereocenters. The lowest BCUT2D eigenvalue weighted by Gasteiger charge is -2.23. The van der Waals surface area contributed by atoms with Crippen molar-refractivity contribution < 1.29 is 23.5 Å². The Bertz CT molecular complexity index is 260. The first kappa shape index (κ1) is 14.7. The van der Waals surface area contributed by atoms with Crippen LogP contribution in [0.4, 0.5) is 9.18 Å². The van der Waals surface area contributed by atoms with E-state index in [4.69, 9.17) is 4.74 Å². The average molecular weight is 235 g/mol. The number of halogens is 1. The molecule has 0 heterocycles. The largest absolute Gasteiger partial charge is 0.467 e. The molecule has 0 fully saturated rings. The zero-order valence-electron chi connectivity index (χ0n) is 10.2. The van der Waals surface area contributed by atoms with Crippen molar-refractivity contribution in [3.05, 3.63) is 0 Å². The van der Waals surface area contributed by atoms with Gasteiger partial charge in [0.15, 0.2) is 6.04 Å². The average Bonchev–Trinajstić information content (AvgIpc) is 2.09. The predicted molar refractivity (Wildman–Crippen MR) is 55.7 cm³/mol. The van der Waals surface area contributed by atoms with Gasteiger partial charge in [0.2, 0.25) is 0 Å². The fourth-order valence-electron chi connectivity index (χ4n) is 0.923. The van der Waals surface area contributed by atoms with Crippen LogP contribution in [0.2, 0.25) is 0 Å². The van der Waals surface area contributed by atoms with Crippen LogP contribution >= 0.6 is 0 Å². The Labute approximate surface area is 94.3 Å². The zero-order chi connectivity index (χ0) is 12.9. The fourth-order valence-corrected chi connectivity index (χ4v) is 0.923. The highest BCUT2D eigenvalue weighted by Crippen LogP contribution is 2.08. The first-order valence-electron chi connectivity index (χ1n) is 4.89. The Morgan fingerprint density at radius 2 is 1.81 bits per heavy atom. The van der Waals surface area contributed by atoms with E-state index in [1.54, 1.807) is 20.8 Å². The molecule has 94 valence electrons. The van der Waals surface area contributed by atoms with Gasteiger partial charge in [-0.15, -0.1) is 0 Å². The van der Waals surface area contributed by atoms with Crippen LogP contribution in [0.1, 0.15) is 27.7 Å². The summed E-state index contributed by atoms with van der Waals surface area (Å²) in [6.07, 6.45) is -2.41. The van der Waals surface area contributed by atoms with Crippen LogP contribution in [0.5, 0.6) is 0 Å². The van der Waals surface area contributed by atoms with Gasteiger partial charge in [-0.2, -0.15) is 0 Å². The molecule has 0 aliphatic rings. The molecule has 0 saturated heterocycles. The molecule has 6 heteroatoms. The smallest absolute Gasteiger partial charge is 0.408 e. The van der Waals surface area contributed by atoms with E-state index in [0.29, 0.717) is 0 Å². The normalized spacial score (nSPS) is 14.9. The minimum absolute atomic E-state index is 0.704. The molecule has 0 aliphatic carbocycles. The van der Waals surface area contributed by atoms with Crippen molar-refractivity contribution >= 4 is 12.1 Å². The van der Waals surface area contributed by atoms with Gasteiger partial charge >= 0.3 is 12.1 Å². The number of hydrogen-bond acceptors (Lipinski definition) is 4. The second-order valence-electron chi connectivity index (χ2n) is 4.32. The second-order valence-corrected chi connectivity index (χ2v) is 4.32. The van der Waals surface area contributed by atoms with E-state index in [1.807, 2.05) is 0 Å². The van der Waals surface area contributed by atoms with E-state index in [-0.39, 0.29) is 0 Å². The number of hydrogen-bond donors (Lipinski definition) is 1. The number of rotatable bonds is 3. The SMILES string of the molecule is COC(=O)[C@H](NC(=O)OC(C)(C)C)[C@@H](C)F. The number of methoxy groups -OCH3 is 1. The Morgan fingerprint density at radius 1 is 1.31 bits per heavy atom. The van der Waals surface area contributed by atoms with Gasteiger partial charge < -0.3 is 14.8 Å². The van der Waals surface area contributed by atoms with Crippen molar-refractivity contribution in [2.75, 3.05) is 7.11 Å².